The van der Waals surface area contributed by atoms with E-state index in [4.69, 9.17) is 0 Å². The molecule has 6 rings (SSSR count). The van der Waals surface area contributed by atoms with E-state index in [0.29, 0.717) is 34.5 Å². The number of aliphatic hydroxyl groups is 2. The van der Waals surface area contributed by atoms with Gasteiger partial charge >= 0.3 is 0 Å². The molecule has 5 aliphatic carbocycles. The second kappa shape index (κ2) is 10.8. The molecule has 0 aliphatic heterocycles. The highest BCUT2D eigenvalue weighted by molar-refractivity contribution is 7.85. The average Bonchev–Trinajstić information content (AvgIpc) is 3.27. The Morgan fingerprint density at radius 2 is 1.50 bits per heavy atom. The maximum absolute atomic E-state index is 14.2. The van der Waals surface area contributed by atoms with Crippen LogP contribution >= 0.6 is 0 Å². The largest absolute Gasteiger partial charge is 0.393 e. The molecule has 3 nitrogen and oxygen atoms in total. The Morgan fingerprint density at radius 3 is 2.23 bits per heavy atom. The molecular weight excluding hydrogens is 512 g/mol. The van der Waals surface area contributed by atoms with Gasteiger partial charge in [-0.1, -0.05) is 45.9 Å². The van der Waals surface area contributed by atoms with E-state index in [1.807, 2.05) is 30.3 Å². The predicted octanol–water partition coefficient (Wildman–Crippen LogP) is 8.29. The highest BCUT2D eigenvalue weighted by Crippen LogP contribution is 2.68. The van der Waals surface area contributed by atoms with Crippen molar-refractivity contribution in [2.75, 3.05) is 0 Å². The monoisotopic (exact) mass is 568 g/mol. The third-order valence-corrected chi connectivity index (χ3v) is 15.5. The molecule has 40 heavy (non-hydrogen) atoms. The molecule has 0 amide bonds. The first-order chi connectivity index (χ1) is 18.9. The van der Waals surface area contributed by atoms with Crippen molar-refractivity contribution in [3.8, 4) is 0 Å². The van der Waals surface area contributed by atoms with Gasteiger partial charge in [0.15, 0.2) is 0 Å². The van der Waals surface area contributed by atoms with Gasteiger partial charge in [-0.15, -0.1) is 0 Å². The normalized spacial score (nSPS) is 43.6. The second-order valence-electron chi connectivity index (χ2n) is 16.5. The van der Waals surface area contributed by atoms with Crippen LogP contribution in [0.5, 0.6) is 0 Å². The Morgan fingerprint density at radius 1 is 0.825 bits per heavy atom. The van der Waals surface area contributed by atoms with Crippen molar-refractivity contribution in [3.05, 3.63) is 30.3 Å². The molecule has 0 heterocycles. The van der Waals surface area contributed by atoms with E-state index in [1.54, 1.807) is 0 Å². The Kier molecular flexibility index (Phi) is 7.91. The van der Waals surface area contributed by atoms with E-state index in [2.05, 4.69) is 27.7 Å². The van der Waals surface area contributed by atoms with Gasteiger partial charge in [0.2, 0.25) is 0 Å². The SMILES string of the molecule is CC1(C)CCC(O)(CC(CC2CCC3[C@@H]4CCC5CC(O)CCC5(C)C4CCC23C)S(=O)c2ccccc2)CC1. The fourth-order valence-corrected chi connectivity index (χ4v) is 12.7. The van der Waals surface area contributed by atoms with Gasteiger partial charge in [0.25, 0.3) is 0 Å². The van der Waals surface area contributed by atoms with Crippen LogP contribution in [0.1, 0.15) is 124 Å². The molecule has 5 aliphatic rings. The first-order valence-corrected chi connectivity index (χ1v) is 18.0. The average molecular weight is 569 g/mol. The third-order valence-electron chi connectivity index (χ3n) is 13.8. The minimum absolute atomic E-state index is 0.0139. The Labute approximate surface area is 246 Å². The van der Waals surface area contributed by atoms with Crippen LogP contribution in [-0.2, 0) is 10.8 Å². The molecule has 2 N–H and O–H groups in total. The number of fused-ring (bicyclic) bond motifs is 5. The zero-order valence-corrected chi connectivity index (χ0v) is 26.6. The van der Waals surface area contributed by atoms with Crippen LogP contribution in [0.3, 0.4) is 0 Å². The Balaban J connectivity index is 1.21. The van der Waals surface area contributed by atoms with E-state index in [-0.39, 0.29) is 11.4 Å². The molecule has 10 atom stereocenters. The zero-order chi connectivity index (χ0) is 28.3. The van der Waals surface area contributed by atoms with Crippen molar-refractivity contribution in [1.82, 2.24) is 0 Å². The molecule has 4 heteroatoms. The van der Waals surface area contributed by atoms with Crippen molar-refractivity contribution in [3.63, 3.8) is 0 Å². The summed E-state index contributed by atoms with van der Waals surface area (Å²) in [5.41, 5.74) is 0.364. The second-order valence-corrected chi connectivity index (χ2v) is 18.2. The zero-order valence-electron chi connectivity index (χ0n) is 25.7. The number of hydrogen-bond donors (Lipinski definition) is 2. The molecule has 9 unspecified atom stereocenters. The van der Waals surface area contributed by atoms with Gasteiger partial charge in [-0.3, -0.25) is 4.21 Å². The van der Waals surface area contributed by atoms with E-state index in [9.17, 15) is 14.4 Å². The molecule has 1 aromatic carbocycles. The van der Waals surface area contributed by atoms with Crippen LogP contribution < -0.4 is 0 Å². The molecule has 0 bridgehead atoms. The molecule has 1 aromatic rings. The first-order valence-electron chi connectivity index (χ1n) is 16.8. The van der Waals surface area contributed by atoms with E-state index in [1.165, 1.54) is 44.9 Å². The lowest BCUT2D eigenvalue weighted by Gasteiger charge is -2.61. The summed E-state index contributed by atoms with van der Waals surface area (Å²) in [6, 6.07) is 10.1. The van der Waals surface area contributed by atoms with E-state index >= 15 is 0 Å². The van der Waals surface area contributed by atoms with Crippen molar-refractivity contribution in [2.45, 2.75) is 146 Å². The van der Waals surface area contributed by atoms with Gasteiger partial charge in [-0.2, -0.15) is 0 Å². The van der Waals surface area contributed by atoms with Gasteiger partial charge in [0.05, 0.1) is 22.5 Å². The Hall–Kier alpha value is -0.710. The molecule has 5 fully saturated rings. The summed E-state index contributed by atoms with van der Waals surface area (Å²) >= 11 is 0. The lowest BCUT2D eigenvalue weighted by atomic mass is 9.44. The molecule has 224 valence electrons. The highest BCUT2D eigenvalue weighted by atomic mass is 32.2. The van der Waals surface area contributed by atoms with Crippen LogP contribution in [-0.4, -0.2) is 31.4 Å². The summed E-state index contributed by atoms with van der Waals surface area (Å²) in [5, 5.41) is 22.2. The number of aliphatic hydroxyl groups excluding tert-OH is 1. The standard InChI is InChI=1S/C36H56O3S/c1-33(2)18-20-36(38,21-19-33)24-29(40(39)28-8-6-5-7-9-28)23-26-11-13-31-30-12-10-25-22-27(37)14-16-34(25,3)32(30)15-17-35(26,31)4/h5-9,25-27,29-32,37-38H,10-24H2,1-4H3/t25?,26?,27?,29?,30-,31?,32?,34?,35?,40?/m0/s1. The highest BCUT2D eigenvalue weighted by Gasteiger charge is 2.60. The van der Waals surface area contributed by atoms with Crippen LogP contribution in [0.2, 0.25) is 0 Å². The lowest BCUT2D eigenvalue weighted by molar-refractivity contribution is -0.127. The van der Waals surface area contributed by atoms with Crippen LogP contribution in [0.4, 0.5) is 0 Å². The molecule has 0 aromatic heterocycles. The van der Waals surface area contributed by atoms with Crippen molar-refractivity contribution >= 4 is 10.8 Å². The number of rotatable bonds is 6. The fourth-order valence-electron chi connectivity index (χ4n) is 11.1. The van der Waals surface area contributed by atoms with Gasteiger partial charge in [0, 0.05) is 10.1 Å². The molecule has 0 radical (unpaired) electrons. The number of benzene rings is 1. The van der Waals surface area contributed by atoms with Gasteiger partial charge in [-0.05, 0) is 154 Å². The fraction of sp³-hybridized carbons (Fsp3) is 0.833. The maximum atomic E-state index is 14.2. The van der Waals surface area contributed by atoms with Crippen LogP contribution in [0.15, 0.2) is 35.2 Å². The van der Waals surface area contributed by atoms with E-state index in [0.717, 1.165) is 67.6 Å². The van der Waals surface area contributed by atoms with Crippen LogP contribution in [0, 0.1) is 45.8 Å². The van der Waals surface area contributed by atoms with Crippen LogP contribution in [0.25, 0.3) is 0 Å². The summed E-state index contributed by atoms with van der Waals surface area (Å²) in [5.74, 6) is 3.72. The summed E-state index contributed by atoms with van der Waals surface area (Å²) in [7, 11) is -1.10. The third kappa shape index (κ3) is 5.30. The molecule has 5 saturated carbocycles. The van der Waals surface area contributed by atoms with Crippen molar-refractivity contribution in [1.29, 1.82) is 0 Å². The van der Waals surface area contributed by atoms with E-state index < -0.39 is 16.4 Å². The number of hydrogen-bond acceptors (Lipinski definition) is 3. The van der Waals surface area contributed by atoms with Gasteiger partial charge < -0.3 is 10.2 Å². The molecular formula is C36H56O3S. The topological polar surface area (TPSA) is 57.5 Å². The van der Waals surface area contributed by atoms with Gasteiger partial charge in [-0.25, -0.2) is 0 Å². The minimum atomic E-state index is -1.10. The summed E-state index contributed by atoms with van der Waals surface area (Å²) in [6.45, 7) is 9.84. The minimum Gasteiger partial charge on any atom is -0.393 e. The smallest absolute Gasteiger partial charge is 0.0659 e. The van der Waals surface area contributed by atoms with Crippen molar-refractivity contribution in [2.24, 2.45) is 45.8 Å². The summed E-state index contributed by atoms with van der Waals surface area (Å²) in [4.78, 5) is 0.932. The molecule has 0 saturated heterocycles. The summed E-state index contributed by atoms with van der Waals surface area (Å²) < 4.78 is 14.2. The van der Waals surface area contributed by atoms with Crippen molar-refractivity contribution < 1.29 is 14.4 Å². The predicted molar refractivity (Wildman–Crippen MR) is 164 cm³/mol. The quantitative estimate of drug-likeness (QED) is 0.363. The first kappa shape index (κ1) is 29.4. The maximum Gasteiger partial charge on any atom is 0.0659 e. The lowest BCUT2D eigenvalue weighted by Crippen LogP contribution is -2.54. The molecule has 0 spiro atoms. The van der Waals surface area contributed by atoms with Gasteiger partial charge in [0.1, 0.15) is 0 Å². The Bertz CT molecular complexity index is 1060. The summed E-state index contributed by atoms with van der Waals surface area (Å²) in [6.07, 6.45) is 16.5.